The number of hydrogen-bond acceptors (Lipinski definition) is 3. The monoisotopic (exact) mass is 365 g/mol. The third kappa shape index (κ3) is 4.61. The lowest BCUT2D eigenvalue weighted by molar-refractivity contribution is -0.136. The molecule has 1 aliphatic heterocycles. The van der Waals surface area contributed by atoms with Crippen molar-refractivity contribution in [2.45, 2.75) is 26.2 Å². The van der Waals surface area contributed by atoms with Crippen LogP contribution in [0.4, 0.5) is 0 Å². The molecule has 0 saturated carbocycles. The van der Waals surface area contributed by atoms with Crippen LogP contribution in [0.15, 0.2) is 48.5 Å². The molecule has 1 saturated heterocycles. The zero-order valence-electron chi connectivity index (χ0n) is 15.4. The van der Waals surface area contributed by atoms with Crippen LogP contribution in [0.1, 0.15) is 44.7 Å². The number of ketones is 1. The molecule has 5 nitrogen and oxygen atoms in total. The van der Waals surface area contributed by atoms with Crippen molar-refractivity contribution in [3.05, 3.63) is 70.8 Å². The predicted molar refractivity (Wildman–Crippen MR) is 102 cm³/mol. The number of hydrogen-bond donors (Lipinski definition) is 1. The number of nitrogens with zero attached hydrogens (tertiary/aromatic N) is 1. The lowest BCUT2D eigenvalue weighted by Crippen LogP contribution is -2.40. The molecule has 1 N–H and O–H groups in total. The Hall–Kier alpha value is -2.95. The Morgan fingerprint density at radius 1 is 1.00 bits per heavy atom. The van der Waals surface area contributed by atoms with Crippen molar-refractivity contribution in [2.24, 2.45) is 5.92 Å². The van der Waals surface area contributed by atoms with Gasteiger partial charge in [0.05, 0.1) is 6.42 Å². The van der Waals surface area contributed by atoms with E-state index in [4.69, 9.17) is 5.11 Å². The van der Waals surface area contributed by atoms with Gasteiger partial charge < -0.3 is 10.0 Å². The summed E-state index contributed by atoms with van der Waals surface area (Å²) in [5.41, 5.74) is 2.96. The summed E-state index contributed by atoms with van der Waals surface area (Å²) in [7, 11) is 0. The smallest absolute Gasteiger partial charge is 0.307 e. The number of aryl methyl sites for hydroxylation is 1. The van der Waals surface area contributed by atoms with Crippen LogP contribution in [0.5, 0.6) is 0 Å². The van der Waals surface area contributed by atoms with Crippen LogP contribution in [0.25, 0.3) is 0 Å². The number of carboxylic acid groups (broad SMARTS) is 1. The fourth-order valence-corrected chi connectivity index (χ4v) is 3.47. The summed E-state index contributed by atoms with van der Waals surface area (Å²) in [6.07, 6.45) is 1.19. The first-order valence-electron chi connectivity index (χ1n) is 9.15. The largest absolute Gasteiger partial charge is 0.481 e. The molecule has 140 valence electrons. The van der Waals surface area contributed by atoms with Crippen LogP contribution in [0.3, 0.4) is 0 Å². The standard InChI is InChI=1S/C22H23NO4/c1-15-5-7-17(8-6-15)21(26)18-9-11-23(12-10-18)22(27)19-4-2-3-16(13-19)14-20(24)25/h2-8,13,18H,9-12,14H2,1H3,(H,24,25). The highest BCUT2D eigenvalue weighted by Crippen LogP contribution is 2.23. The third-order valence-electron chi connectivity index (χ3n) is 5.02. The van der Waals surface area contributed by atoms with Gasteiger partial charge in [0.2, 0.25) is 0 Å². The number of carbonyl (C=O) groups is 3. The maximum Gasteiger partial charge on any atom is 0.307 e. The van der Waals surface area contributed by atoms with Crippen molar-refractivity contribution in [2.75, 3.05) is 13.1 Å². The second-order valence-corrected chi connectivity index (χ2v) is 7.07. The molecule has 1 heterocycles. The number of Topliss-reactive ketones (excluding diaryl/α,β-unsaturated/α-hetero) is 1. The maximum absolute atomic E-state index is 12.7. The van der Waals surface area contributed by atoms with Crippen molar-refractivity contribution < 1.29 is 19.5 Å². The summed E-state index contributed by atoms with van der Waals surface area (Å²) in [5, 5.41) is 8.91. The minimum atomic E-state index is -0.921. The van der Waals surface area contributed by atoms with E-state index in [9.17, 15) is 14.4 Å². The third-order valence-corrected chi connectivity index (χ3v) is 5.02. The minimum Gasteiger partial charge on any atom is -0.481 e. The number of likely N-dealkylation sites (tertiary alicyclic amines) is 1. The van der Waals surface area contributed by atoms with Crippen molar-refractivity contribution in [3.8, 4) is 0 Å². The number of benzene rings is 2. The molecule has 0 aromatic heterocycles. The van der Waals surface area contributed by atoms with Gasteiger partial charge in [-0.1, -0.05) is 42.0 Å². The van der Waals surface area contributed by atoms with E-state index in [-0.39, 0.29) is 24.0 Å². The molecular formula is C22H23NO4. The average molecular weight is 365 g/mol. The van der Waals surface area contributed by atoms with Crippen LogP contribution in [0.2, 0.25) is 0 Å². The zero-order valence-corrected chi connectivity index (χ0v) is 15.4. The quantitative estimate of drug-likeness (QED) is 0.825. The summed E-state index contributed by atoms with van der Waals surface area (Å²) < 4.78 is 0. The Morgan fingerprint density at radius 3 is 2.30 bits per heavy atom. The van der Waals surface area contributed by atoms with E-state index in [1.807, 2.05) is 31.2 Å². The van der Waals surface area contributed by atoms with E-state index in [1.54, 1.807) is 29.2 Å². The van der Waals surface area contributed by atoms with E-state index in [0.717, 1.165) is 11.1 Å². The first-order chi connectivity index (χ1) is 12.9. The van der Waals surface area contributed by atoms with E-state index in [1.165, 1.54) is 0 Å². The van der Waals surface area contributed by atoms with Gasteiger partial charge in [0, 0.05) is 30.1 Å². The molecule has 0 unspecified atom stereocenters. The zero-order chi connectivity index (χ0) is 19.4. The second-order valence-electron chi connectivity index (χ2n) is 7.07. The van der Waals surface area contributed by atoms with Gasteiger partial charge in [0.15, 0.2) is 5.78 Å². The summed E-state index contributed by atoms with van der Waals surface area (Å²) in [4.78, 5) is 38.0. The van der Waals surface area contributed by atoms with Crippen LogP contribution in [-0.4, -0.2) is 40.8 Å². The average Bonchev–Trinajstić information content (AvgIpc) is 2.67. The van der Waals surface area contributed by atoms with Crippen molar-refractivity contribution in [3.63, 3.8) is 0 Å². The van der Waals surface area contributed by atoms with E-state index < -0.39 is 5.97 Å². The fourth-order valence-electron chi connectivity index (χ4n) is 3.47. The molecular weight excluding hydrogens is 342 g/mol. The fraction of sp³-hybridized carbons (Fsp3) is 0.318. The van der Waals surface area contributed by atoms with Crippen LogP contribution in [0, 0.1) is 12.8 Å². The van der Waals surface area contributed by atoms with Crippen molar-refractivity contribution >= 4 is 17.7 Å². The highest BCUT2D eigenvalue weighted by Gasteiger charge is 2.28. The second kappa shape index (κ2) is 8.16. The summed E-state index contributed by atoms with van der Waals surface area (Å²) in [5.74, 6) is -0.945. The van der Waals surface area contributed by atoms with Gasteiger partial charge in [0.25, 0.3) is 5.91 Å². The molecule has 1 amide bonds. The summed E-state index contributed by atoms with van der Waals surface area (Å²) >= 11 is 0. The lowest BCUT2D eigenvalue weighted by atomic mass is 9.88. The molecule has 27 heavy (non-hydrogen) atoms. The maximum atomic E-state index is 12.7. The summed E-state index contributed by atoms with van der Waals surface area (Å²) in [6.45, 7) is 3.05. The molecule has 1 fully saturated rings. The molecule has 0 bridgehead atoms. The van der Waals surface area contributed by atoms with Gasteiger partial charge in [-0.3, -0.25) is 14.4 Å². The van der Waals surface area contributed by atoms with E-state index in [2.05, 4.69) is 0 Å². The normalized spacial score (nSPS) is 14.8. The molecule has 0 aliphatic carbocycles. The number of carbonyl (C=O) groups excluding carboxylic acids is 2. The van der Waals surface area contributed by atoms with Crippen molar-refractivity contribution in [1.29, 1.82) is 0 Å². The predicted octanol–water partition coefficient (Wildman–Crippen LogP) is 3.36. The topological polar surface area (TPSA) is 74.7 Å². The van der Waals surface area contributed by atoms with Crippen molar-refractivity contribution in [1.82, 2.24) is 4.90 Å². The number of carboxylic acids is 1. The Balaban J connectivity index is 1.61. The molecule has 2 aromatic carbocycles. The number of amides is 1. The van der Waals surface area contributed by atoms with E-state index in [0.29, 0.717) is 37.1 Å². The van der Waals surface area contributed by atoms with Crippen LogP contribution < -0.4 is 0 Å². The Bertz CT molecular complexity index is 849. The molecule has 3 rings (SSSR count). The summed E-state index contributed by atoms with van der Waals surface area (Å²) in [6, 6.07) is 14.4. The number of rotatable bonds is 5. The van der Waals surface area contributed by atoms with Gasteiger partial charge in [-0.25, -0.2) is 0 Å². The molecule has 0 spiro atoms. The highest BCUT2D eigenvalue weighted by atomic mass is 16.4. The molecule has 1 aliphatic rings. The Labute approximate surface area is 158 Å². The van der Waals surface area contributed by atoms with Gasteiger partial charge in [0.1, 0.15) is 0 Å². The molecule has 2 aromatic rings. The Kier molecular flexibility index (Phi) is 5.69. The van der Waals surface area contributed by atoms with Gasteiger partial charge in [-0.2, -0.15) is 0 Å². The SMILES string of the molecule is Cc1ccc(C(=O)C2CCN(C(=O)c3cccc(CC(=O)O)c3)CC2)cc1. The van der Waals surface area contributed by atoms with Gasteiger partial charge >= 0.3 is 5.97 Å². The highest BCUT2D eigenvalue weighted by molar-refractivity contribution is 5.98. The van der Waals surface area contributed by atoms with Gasteiger partial charge in [-0.05, 0) is 37.5 Å². The Morgan fingerprint density at radius 2 is 1.67 bits per heavy atom. The first kappa shape index (κ1) is 18.8. The molecule has 5 heteroatoms. The number of piperidine rings is 1. The minimum absolute atomic E-state index is 0.0601. The van der Waals surface area contributed by atoms with Gasteiger partial charge in [-0.15, -0.1) is 0 Å². The van der Waals surface area contributed by atoms with Crippen LogP contribution in [-0.2, 0) is 11.2 Å². The molecule has 0 radical (unpaired) electrons. The van der Waals surface area contributed by atoms with Crippen LogP contribution >= 0.6 is 0 Å². The number of aliphatic carboxylic acids is 1. The lowest BCUT2D eigenvalue weighted by Gasteiger charge is -2.31. The van der Waals surface area contributed by atoms with E-state index >= 15 is 0 Å². The first-order valence-corrected chi connectivity index (χ1v) is 9.15. The molecule has 0 atom stereocenters.